The molecular weight excluding hydrogens is 296 g/mol. The molecule has 3 rings (SSSR count). The van der Waals surface area contributed by atoms with Gasteiger partial charge in [0.05, 0.1) is 6.54 Å². The van der Waals surface area contributed by atoms with Crippen LogP contribution in [0.2, 0.25) is 0 Å². The van der Waals surface area contributed by atoms with Crippen molar-refractivity contribution in [1.29, 1.82) is 0 Å². The third kappa shape index (κ3) is 3.51. The van der Waals surface area contributed by atoms with Gasteiger partial charge in [-0.1, -0.05) is 48.5 Å². The highest BCUT2D eigenvalue weighted by atomic mass is 16.2. The van der Waals surface area contributed by atoms with E-state index in [1.165, 1.54) is 11.1 Å². The summed E-state index contributed by atoms with van der Waals surface area (Å²) in [5.41, 5.74) is 3.60. The lowest BCUT2D eigenvalue weighted by atomic mass is 10.1. The van der Waals surface area contributed by atoms with Crippen LogP contribution in [-0.4, -0.2) is 29.4 Å². The fraction of sp³-hybridized carbons (Fsp3) is 0.381. The fourth-order valence-corrected chi connectivity index (χ4v) is 3.43. The van der Waals surface area contributed by atoms with Gasteiger partial charge in [-0.2, -0.15) is 0 Å². The first kappa shape index (κ1) is 16.7. The number of para-hydroxylation sites is 1. The second-order valence-electron chi connectivity index (χ2n) is 6.93. The van der Waals surface area contributed by atoms with Gasteiger partial charge in [0.2, 0.25) is 5.91 Å². The van der Waals surface area contributed by atoms with Gasteiger partial charge in [0, 0.05) is 24.3 Å². The number of nitrogens with zero attached hydrogens (tertiary/aromatic N) is 2. The molecule has 0 aliphatic carbocycles. The maximum atomic E-state index is 13.0. The molecular formula is C21H26N2O. The molecule has 0 spiro atoms. The molecule has 126 valence electrons. The molecule has 0 bridgehead atoms. The van der Waals surface area contributed by atoms with Crippen molar-refractivity contribution in [3.05, 3.63) is 65.7 Å². The predicted octanol–water partition coefficient (Wildman–Crippen LogP) is 3.87. The number of amides is 1. The monoisotopic (exact) mass is 322 g/mol. The third-order valence-corrected chi connectivity index (χ3v) is 4.77. The van der Waals surface area contributed by atoms with Crippen LogP contribution in [0.3, 0.4) is 0 Å². The van der Waals surface area contributed by atoms with E-state index in [0.29, 0.717) is 12.6 Å². The van der Waals surface area contributed by atoms with E-state index in [-0.39, 0.29) is 11.9 Å². The normalized spacial score (nSPS) is 16.7. The molecule has 1 aliphatic heterocycles. The Kier molecular flexibility index (Phi) is 5.00. The summed E-state index contributed by atoms with van der Waals surface area (Å²) < 4.78 is 0. The molecule has 1 amide bonds. The molecule has 0 saturated heterocycles. The van der Waals surface area contributed by atoms with Crippen molar-refractivity contribution in [3.8, 4) is 0 Å². The van der Waals surface area contributed by atoms with Gasteiger partial charge in [0.25, 0.3) is 0 Å². The van der Waals surface area contributed by atoms with Crippen molar-refractivity contribution < 1.29 is 4.79 Å². The van der Waals surface area contributed by atoms with Crippen LogP contribution in [0.1, 0.15) is 31.9 Å². The smallest absolute Gasteiger partial charge is 0.241 e. The van der Waals surface area contributed by atoms with E-state index in [1.807, 2.05) is 17.0 Å². The summed E-state index contributed by atoms with van der Waals surface area (Å²) in [6.07, 6.45) is 0.947. The summed E-state index contributed by atoms with van der Waals surface area (Å²) in [7, 11) is 0. The third-order valence-electron chi connectivity index (χ3n) is 4.77. The van der Waals surface area contributed by atoms with E-state index < -0.39 is 0 Å². The summed E-state index contributed by atoms with van der Waals surface area (Å²) in [5.74, 6) is 0.192. The van der Waals surface area contributed by atoms with Gasteiger partial charge in [0.1, 0.15) is 0 Å². The number of anilines is 1. The zero-order valence-corrected chi connectivity index (χ0v) is 14.8. The lowest BCUT2D eigenvalue weighted by molar-refractivity contribution is -0.120. The molecule has 2 aromatic rings. The molecule has 3 nitrogen and oxygen atoms in total. The zero-order valence-electron chi connectivity index (χ0n) is 14.8. The molecule has 0 N–H and O–H groups in total. The number of hydrogen-bond acceptors (Lipinski definition) is 2. The van der Waals surface area contributed by atoms with Crippen LogP contribution in [-0.2, 0) is 17.8 Å². The number of hydrogen-bond donors (Lipinski definition) is 0. The van der Waals surface area contributed by atoms with Gasteiger partial charge in [0.15, 0.2) is 0 Å². The Morgan fingerprint density at radius 1 is 1.12 bits per heavy atom. The van der Waals surface area contributed by atoms with Gasteiger partial charge < -0.3 is 4.90 Å². The zero-order chi connectivity index (χ0) is 17.1. The van der Waals surface area contributed by atoms with E-state index in [2.05, 4.69) is 68.1 Å². The van der Waals surface area contributed by atoms with Crippen LogP contribution in [0.4, 0.5) is 5.69 Å². The molecule has 3 heteroatoms. The Balaban J connectivity index is 1.74. The number of carbonyl (C=O) groups is 1. The molecule has 1 atom stereocenters. The van der Waals surface area contributed by atoms with Crippen molar-refractivity contribution in [2.45, 2.75) is 45.8 Å². The number of benzene rings is 2. The van der Waals surface area contributed by atoms with Crippen LogP contribution in [0.25, 0.3) is 0 Å². The summed E-state index contributed by atoms with van der Waals surface area (Å²) in [6.45, 7) is 7.68. The van der Waals surface area contributed by atoms with Crippen LogP contribution in [0, 0.1) is 0 Å². The second kappa shape index (κ2) is 7.18. The average Bonchev–Trinajstić information content (AvgIpc) is 2.90. The van der Waals surface area contributed by atoms with Crippen molar-refractivity contribution in [1.82, 2.24) is 4.90 Å². The van der Waals surface area contributed by atoms with Crippen molar-refractivity contribution in [2.75, 3.05) is 11.4 Å². The van der Waals surface area contributed by atoms with Gasteiger partial charge in [-0.3, -0.25) is 9.69 Å². The standard InChI is InChI=1S/C21H26N2O/c1-16(2)22(14-18-9-5-4-6-10-18)15-21(24)23-17(3)13-19-11-7-8-12-20(19)23/h4-12,16-17H,13-15H2,1-3H3/t17-/m0/s1. The van der Waals surface area contributed by atoms with Crippen molar-refractivity contribution in [2.24, 2.45) is 0 Å². The Bertz CT molecular complexity index is 696. The van der Waals surface area contributed by atoms with Crippen LogP contribution in [0.15, 0.2) is 54.6 Å². The molecule has 1 heterocycles. The Labute approximate surface area is 144 Å². The largest absolute Gasteiger partial charge is 0.308 e. The van der Waals surface area contributed by atoms with Gasteiger partial charge in [-0.05, 0) is 44.4 Å². The number of fused-ring (bicyclic) bond motifs is 1. The molecule has 0 aromatic heterocycles. The van der Waals surface area contributed by atoms with E-state index in [1.54, 1.807) is 0 Å². The lowest BCUT2D eigenvalue weighted by Crippen LogP contribution is -2.44. The molecule has 0 saturated carbocycles. The van der Waals surface area contributed by atoms with E-state index in [9.17, 15) is 4.79 Å². The van der Waals surface area contributed by atoms with E-state index >= 15 is 0 Å². The quantitative estimate of drug-likeness (QED) is 0.834. The summed E-state index contributed by atoms with van der Waals surface area (Å²) in [6, 6.07) is 19.2. The maximum absolute atomic E-state index is 13.0. The highest BCUT2D eigenvalue weighted by Crippen LogP contribution is 2.32. The summed E-state index contributed by atoms with van der Waals surface area (Å²) in [4.78, 5) is 17.2. The first-order valence-electron chi connectivity index (χ1n) is 8.74. The number of carbonyl (C=O) groups excluding carboxylic acids is 1. The molecule has 0 unspecified atom stereocenters. The predicted molar refractivity (Wildman–Crippen MR) is 99.1 cm³/mol. The van der Waals surface area contributed by atoms with Crippen molar-refractivity contribution in [3.63, 3.8) is 0 Å². The van der Waals surface area contributed by atoms with Crippen LogP contribution < -0.4 is 4.90 Å². The van der Waals surface area contributed by atoms with Crippen molar-refractivity contribution >= 4 is 11.6 Å². The summed E-state index contributed by atoms with van der Waals surface area (Å²) >= 11 is 0. The SMILES string of the molecule is CC(C)N(CC(=O)N1c2ccccc2C[C@@H]1C)Cc1ccccc1. The molecule has 0 radical (unpaired) electrons. The second-order valence-corrected chi connectivity index (χ2v) is 6.93. The Hall–Kier alpha value is -2.13. The average molecular weight is 322 g/mol. The fourth-order valence-electron chi connectivity index (χ4n) is 3.43. The topological polar surface area (TPSA) is 23.6 Å². The molecule has 0 fully saturated rings. The Morgan fingerprint density at radius 3 is 2.50 bits per heavy atom. The minimum absolute atomic E-state index is 0.192. The first-order chi connectivity index (χ1) is 11.6. The van der Waals surface area contributed by atoms with Gasteiger partial charge >= 0.3 is 0 Å². The van der Waals surface area contributed by atoms with Gasteiger partial charge in [-0.25, -0.2) is 0 Å². The first-order valence-corrected chi connectivity index (χ1v) is 8.74. The van der Waals surface area contributed by atoms with Crippen LogP contribution >= 0.6 is 0 Å². The highest BCUT2D eigenvalue weighted by molar-refractivity contribution is 5.97. The van der Waals surface area contributed by atoms with Crippen LogP contribution in [0.5, 0.6) is 0 Å². The maximum Gasteiger partial charge on any atom is 0.241 e. The summed E-state index contributed by atoms with van der Waals surface area (Å²) in [5, 5.41) is 0. The van der Waals surface area contributed by atoms with E-state index in [4.69, 9.17) is 0 Å². The van der Waals surface area contributed by atoms with Gasteiger partial charge in [-0.15, -0.1) is 0 Å². The molecule has 2 aromatic carbocycles. The minimum Gasteiger partial charge on any atom is -0.308 e. The highest BCUT2D eigenvalue weighted by Gasteiger charge is 2.31. The Morgan fingerprint density at radius 2 is 1.79 bits per heavy atom. The molecule has 1 aliphatic rings. The lowest BCUT2D eigenvalue weighted by Gasteiger charge is -2.30. The minimum atomic E-state index is 0.192. The number of rotatable bonds is 5. The molecule has 24 heavy (non-hydrogen) atoms. The van der Waals surface area contributed by atoms with E-state index in [0.717, 1.165) is 18.7 Å².